The molecule has 0 N–H and O–H groups in total. The van der Waals surface area contributed by atoms with Gasteiger partial charge in [-0.2, -0.15) is 5.10 Å². The van der Waals surface area contributed by atoms with Gasteiger partial charge >= 0.3 is 0 Å². The van der Waals surface area contributed by atoms with E-state index in [4.69, 9.17) is 0 Å². The normalized spacial score (nSPS) is 10.7. The van der Waals surface area contributed by atoms with Gasteiger partial charge in [-0.1, -0.05) is 61.4 Å². The highest BCUT2D eigenvalue weighted by Gasteiger charge is 2.06. The zero-order valence-electron chi connectivity index (χ0n) is 16.4. The average molecular weight is 360 g/mol. The second-order valence-corrected chi connectivity index (χ2v) is 7.15. The van der Waals surface area contributed by atoms with Gasteiger partial charge in [-0.25, -0.2) is 0 Å². The van der Waals surface area contributed by atoms with E-state index in [0.717, 1.165) is 29.9 Å². The molecule has 0 saturated carbocycles. The number of anilines is 1. The molecule has 1 heterocycles. The molecule has 0 aliphatic rings. The molecule has 0 saturated heterocycles. The molecule has 0 unspecified atom stereocenters. The van der Waals surface area contributed by atoms with Crippen LogP contribution in [0.5, 0.6) is 0 Å². The van der Waals surface area contributed by atoms with Gasteiger partial charge in [0.25, 0.3) is 0 Å². The van der Waals surface area contributed by atoms with Crippen molar-refractivity contribution in [3.05, 3.63) is 78.0 Å². The highest BCUT2D eigenvalue weighted by molar-refractivity contribution is 5.62. The maximum atomic E-state index is 4.46. The minimum atomic E-state index is 0.989. The second kappa shape index (κ2) is 9.86. The van der Waals surface area contributed by atoms with Gasteiger partial charge in [0.2, 0.25) is 0 Å². The number of hydrogen-bond donors (Lipinski definition) is 0. The summed E-state index contributed by atoms with van der Waals surface area (Å²) in [6.45, 7) is 3.23. The number of hydrogen-bond acceptors (Lipinski definition) is 3. The van der Waals surface area contributed by atoms with Crippen LogP contribution in [0.1, 0.15) is 36.9 Å². The number of benzene rings is 2. The Labute approximate surface area is 163 Å². The van der Waals surface area contributed by atoms with Crippen LogP contribution in [-0.2, 0) is 6.42 Å². The highest BCUT2D eigenvalue weighted by Crippen LogP contribution is 2.20. The van der Waals surface area contributed by atoms with Gasteiger partial charge in [0.15, 0.2) is 0 Å². The Bertz CT molecular complexity index is 816. The first-order valence-electron chi connectivity index (χ1n) is 9.89. The fraction of sp³-hybridized carbons (Fsp3) is 0.333. The van der Waals surface area contributed by atoms with E-state index in [0.29, 0.717) is 0 Å². The van der Waals surface area contributed by atoms with Crippen molar-refractivity contribution in [1.82, 2.24) is 10.2 Å². The molecule has 3 nitrogen and oxygen atoms in total. The molecule has 1 aromatic heterocycles. The third-order valence-corrected chi connectivity index (χ3v) is 4.96. The fourth-order valence-electron chi connectivity index (χ4n) is 3.36. The third-order valence-electron chi connectivity index (χ3n) is 4.96. The monoisotopic (exact) mass is 359 g/mol. The SMILES string of the molecule is Cc1cc(CCCCCCN(C)c2ccccc2)nnc1-c1ccccc1. The topological polar surface area (TPSA) is 29.0 Å². The molecule has 0 aliphatic carbocycles. The summed E-state index contributed by atoms with van der Waals surface area (Å²) in [5.41, 5.74) is 5.73. The van der Waals surface area contributed by atoms with E-state index in [1.54, 1.807) is 0 Å². The van der Waals surface area contributed by atoms with Crippen LogP contribution in [0, 0.1) is 6.92 Å². The minimum Gasteiger partial charge on any atom is -0.375 e. The van der Waals surface area contributed by atoms with E-state index in [9.17, 15) is 0 Å². The summed E-state index contributed by atoms with van der Waals surface area (Å²) in [6.07, 6.45) is 5.91. The van der Waals surface area contributed by atoms with Gasteiger partial charge in [-0.15, -0.1) is 5.10 Å². The summed E-state index contributed by atoms with van der Waals surface area (Å²) in [7, 11) is 2.17. The van der Waals surface area contributed by atoms with Crippen molar-refractivity contribution in [3.63, 3.8) is 0 Å². The first-order valence-corrected chi connectivity index (χ1v) is 9.89. The number of nitrogens with zero attached hydrogens (tertiary/aromatic N) is 3. The van der Waals surface area contributed by atoms with E-state index < -0.39 is 0 Å². The summed E-state index contributed by atoms with van der Waals surface area (Å²) >= 11 is 0. The van der Waals surface area contributed by atoms with E-state index >= 15 is 0 Å². The Hall–Kier alpha value is -2.68. The smallest absolute Gasteiger partial charge is 0.0958 e. The Balaban J connectivity index is 1.39. The first kappa shape index (κ1) is 19.1. The Morgan fingerprint density at radius 2 is 1.44 bits per heavy atom. The van der Waals surface area contributed by atoms with Gasteiger partial charge in [-0.05, 0) is 49.9 Å². The maximum absolute atomic E-state index is 4.46. The van der Waals surface area contributed by atoms with Crippen LogP contribution in [0.15, 0.2) is 66.7 Å². The summed E-state index contributed by atoms with van der Waals surface area (Å²) in [4.78, 5) is 2.33. The van der Waals surface area contributed by atoms with Crippen molar-refractivity contribution in [3.8, 4) is 11.3 Å². The van der Waals surface area contributed by atoms with Gasteiger partial charge in [0.05, 0.1) is 11.4 Å². The molecule has 3 heteroatoms. The quantitative estimate of drug-likeness (QED) is 0.459. The first-order chi connectivity index (χ1) is 13.2. The van der Waals surface area contributed by atoms with Crippen molar-refractivity contribution in [2.75, 3.05) is 18.5 Å². The molecule has 140 valence electrons. The maximum Gasteiger partial charge on any atom is 0.0958 e. The summed E-state index contributed by atoms with van der Waals surface area (Å²) in [5.74, 6) is 0. The zero-order chi connectivity index (χ0) is 18.9. The van der Waals surface area contributed by atoms with Crippen LogP contribution in [0.4, 0.5) is 5.69 Å². The lowest BCUT2D eigenvalue weighted by Gasteiger charge is -2.18. The molecule has 0 fully saturated rings. The standard InChI is InChI=1S/C24H29N3/c1-20-19-22(25-26-24(20)21-13-7-5-8-14-21)15-9-3-4-12-18-27(2)23-16-10-6-11-17-23/h5-8,10-11,13-14,16-17,19H,3-4,9,12,15,18H2,1-2H3. The van der Waals surface area contributed by atoms with Gasteiger partial charge < -0.3 is 4.90 Å². The van der Waals surface area contributed by atoms with Crippen molar-refractivity contribution in [1.29, 1.82) is 0 Å². The van der Waals surface area contributed by atoms with Crippen LogP contribution in [-0.4, -0.2) is 23.8 Å². The summed E-state index contributed by atoms with van der Waals surface area (Å²) in [5, 5.41) is 8.91. The molecule has 27 heavy (non-hydrogen) atoms. The molecule has 2 aromatic carbocycles. The van der Waals surface area contributed by atoms with Crippen LogP contribution < -0.4 is 4.90 Å². The second-order valence-electron chi connectivity index (χ2n) is 7.15. The lowest BCUT2D eigenvalue weighted by Crippen LogP contribution is -2.18. The molecule has 0 spiro atoms. The van der Waals surface area contributed by atoms with Gasteiger partial charge in [-0.3, -0.25) is 0 Å². The summed E-state index contributed by atoms with van der Waals surface area (Å²) in [6, 6.07) is 23.1. The van der Waals surface area contributed by atoms with Crippen LogP contribution >= 0.6 is 0 Å². The van der Waals surface area contributed by atoms with Crippen molar-refractivity contribution >= 4 is 5.69 Å². The molecular formula is C24H29N3. The number of aryl methyl sites for hydroxylation is 2. The molecule has 0 aliphatic heterocycles. The predicted octanol–water partition coefficient (Wildman–Crippen LogP) is 5.69. The molecule has 0 amide bonds. The van der Waals surface area contributed by atoms with E-state index in [1.165, 1.54) is 36.9 Å². The minimum absolute atomic E-state index is 0.989. The lowest BCUT2D eigenvalue weighted by molar-refractivity contribution is 0.630. The van der Waals surface area contributed by atoms with E-state index in [-0.39, 0.29) is 0 Å². The van der Waals surface area contributed by atoms with Crippen molar-refractivity contribution in [2.45, 2.75) is 39.0 Å². The summed E-state index contributed by atoms with van der Waals surface area (Å²) < 4.78 is 0. The number of rotatable bonds is 9. The van der Waals surface area contributed by atoms with Crippen LogP contribution in [0.25, 0.3) is 11.3 Å². The fourth-order valence-corrected chi connectivity index (χ4v) is 3.36. The van der Waals surface area contributed by atoms with Crippen molar-refractivity contribution in [2.24, 2.45) is 0 Å². The third kappa shape index (κ3) is 5.65. The van der Waals surface area contributed by atoms with E-state index in [2.05, 4.69) is 77.6 Å². The van der Waals surface area contributed by atoms with Crippen LogP contribution in [0.2, 0.25) is 0 Å². The Kier molecular flexibility index (Phi) is 6.97. The Morgan fingerprint density at radius 1 is 0.778 bits per heavy atom. The van der Waals surface area contributed by atoms with Crippen molar-refractivity contribution < 1.29 is 0 Å². The predicted molar refractivity (Wildman–Crippen MR) is 114 cm³/mol. The molecule has 3 aromatic rings. The van der Waals surface area contributed by atoms with Gasteiger partial charge in [0.1, 0.15) is 0 Å². The molecule has 0 bridgehead atoms. The number of unbranched alkanes of at least 4 members (excludes halogenated alkanes) is 3. The molecule has 3 rings (SSSR count). The van der Waals surface area contributed by atoms with Gasteiger partial charge in [0, 0.05) is 24.8 Å². The molecule has 0 radical (unpaired) electrons. The molecule has 0 atom stereocenters. The van der Waals surface area contributed by atoms with E-state index in [1.807, 2.05) is 18.2 Å². The largest absolute Gasteiger partial charge is 0.375 e. The Morgan fingerprint density at radius 3 is 2.15 bits per heavy atom. The lowest BCUT2D eigenvalue weighted by atomic mass is 10.1. The number of aromatic nitrogens is 2. The highest BCUT2D eigenvalue weighted by atomic mass is 15.1. The molecular weight excluding hydrogens is 330 g/mol. The van der Waals surface area contributed by atoms with Crippen LogP contribution in [0.3, 0.4) is 0 Å². The number of para-hydroxylation sites is 1. The average Bonchev–Trinajstić information content (AvgIpc) is 2.72. The zero-order valence-corrected chi connectivity index (χ0v) is 16.4.